The molecule has 0 radical (unpaired) electrons. The van der Waals surface area contributed by atoms with Crippen LogP contribution in [0.1, 0.15) is 42.0 Å². The lowest BCUT2D eigenvalue weighted by atomic mass is 10.1. The van der Waals surface area contributed by atoms with Crippen molar-refractivity contribution in [2.24, 2.45) is 0 Å². The number of fused-ring (bicyclic) bond motifs is 1. The molecule has 0 bridgehead atoms. The number of aromatic amines is 1. The first-order valence-corrected chi connectivity index (χ1v) is 12.1. The highest BCUT2D eigenvalue weighted by molar-refractivity contribution is 6.00. The van der Waals surface area contributed by atoms with Crippen LogP contribution in [-0.4, -0.2) is 52.2 Å². The Hall–Kier alpha value is -3.97. The van der Waals surface area contributed by atoms with E-state index >= 15 is 0 Å². The fourth-order valence-corrected chi connectivity index (χ4v) is 3.97. The first kappa shape index (κ1) is 24.2. The minimum absolute atomic E-state index is 0.0720. The summed E-state index contributed by atoms with van der Waals surface area (Å²) in [6.45, 7) is 8.00. The molecular weight excluding hydrogens is 436 g/mol. The number of H-pyrrole nitrogens is 1. The second-order valence-electron chi connectivity index (χ2n) is 8.26. The van der Waals surface area contributed by atoms with Gasteiger partial charge in [0.25, 0.3) is 5.91 Å². The van der Waals surface area contributed by atoms with E-state index in [1.54, 1.807) is 6.20 Å². The SMILES string of the molecule is CCN(CC)CCCNC(=O)c1ccccc1Nc1ccc2c(/C=C/c3ccccn3)n[nH]c2c1. The highest BCUT2D eigenvalue weighted by Gasteiger charge is 2.12. The van der Waals surface area contributed by atoms with Gasteiger partial charge in [-0.3, -0.25) is 14.9 Å². The van der Waals surface area contributed by atoms with Crippen LogP contribution in [0.4, 0.5) is 11.4 Å². The average Bonchev–Trinajstić information content (AvgIpc) is 3.30. The van der Waals surface area contributed by atoms with E-state index in [4.69, 9.17) is 0 Å². The molecule has 180 valence electrons. The Labute approximate surface area is 206 Å². The molecule has 2 aromatic heterocycles. The standard InChI is InChI=1S/C28H32N6O/c1-3-34(4-2)19-9-18-30-28(35)24-11-5-6-12-25(24)31-22-13-15-23-26(32-33-27(23)20-22)16-14-21-10-7-8-17-29-21/h5-8,10-17,20,31H,3-4,9,18-19H2,1-2H3,(H,30,35)(H,32,33)/b16-14+. The van der Waals surface area contributed by atoms with Gasteiger partial charge >= 0.3 is 0 Å². The number of carbonyl (C=O) groups excluding carboxylic acids is 1. The lowest BCUT2D eigenvalue weighted by Gasteiger charge is -2.18. The van der Waals surface area contributed by atoms with Crippen molar-refractivity contribution in [3.8, 4) is 0 Å². The lowest BCUT2D eigenvalue weighted by Crippen LogP contribution is -2.30. The Bertz CT molecular complexity index is 1280. The van der Waals surface area contributed by atoms with E-state index in [9.17, 15) is 4.79 Å². The summed E-state index contributed by atoms with van der Waals surface area (Å²) in [7, 11) is 0. The second kappa shape index (κ2) is 11.9. The number of aromatic nitrogens is 3. The molecule has 0 saturated carbocycles. The Kier molecular flexibility index (Phi) is 8.25. The summed E-state index contributed by atoms with van der Waals surface area (Å²) in [5.41, 5.74) is 4.91. The van der Waals surface area contributed by atoms with Crippen molar-refractivity contribution >= 4 is 40.3 Å². The van der Waals surface area contributed by atoms with Gasteiger partial charge in [-0.2, -0.15) is 5.10 Å². The highest BCUT2D eigenvalue weighted by Crippen LogP contribution is 2.26. The topological polar surface area (TPSA) is 85.9 Å². The monoisotopic (exact) mass is 468 g/mol. The number of nitrogens with one attached hydrogen (secondary N) is 3. The molecule has 1 amide bonds. The number of pyridine rings is 1. The molecule has 0 fully saturated rings. The van der Waals surface area contributed by atoms with Crippen molar-refractivity contribution in [3.05, 3.63) is 83.8 Å². The molecule has 0 aliphatic carbocycles. The molecule has 4 rings (SSSR count). The predicted octanol–water partition coefficient (Wildman–Crippen LogP) is 5.33. The van der Waals surface area contributed by atoms with Gasteiger partial charge in [-0.1, -0.05) is 32.0 Å². The zero-order chi connectivity index (χ0) is 24.5. The van der Waals surface area contributed by atoms with E-state index in [2.05, 4.69) is 44.6 Å². The highest BCUT2D eigenvalue weighted by atomic mass is 16.1. The lowest BCUT2D eigenvalue weighted by molar-refractivity contribution is 0.0952. The summed E-state index contributed by atoms with van der Waals surface area (Å²) in [6, 6.07) is 19.4. The third-order valence-corrected chi connectivity index (χ3v) is 5.97. The van der Waals surface area contributed by atoms with Crippen LogP contribution in [-0.2, 0) is 0 Å². The van der Waals surface area contributed by atoms with Gasteiger partial charge in [0, 0.05) is 23.8 Å². The zero-order valence-electron chi connectivity index (χ0n) is 20.3. The number of nitrogens with zero attached hydrogens (tertiary/aromatic N) is 3. The maximum absolute atomic E-state index is 12.9. The minimum Gasteiger partial charge on any atom is -0.355 e. The summed E-state index contributed by atoms with van der Waals surface area (Å²) < 4.78 is 0. The number of anilines is 2. The van der Waals surface area contributed by atoms with Crippen LogP contribution >= 0.6 is 0 Å². The van der Waals surface area contributed by atoms with Crippen molar-refractivity contribution in [1.82, 2.24) is 25.4 Å². The normalized spacial score (nSPS) is 11.4. The summed E-state index contributed by atoms with van der Waals surface area (Å²) in [6.07, 6.45) is 6.59. The molecule has 4 aromatic rings. The van der Waals surface area contributed by atoms with Gasteiger partial charge < -0.3 is 15.5 Å². The second-order valence-corrected chi connectivity index (χ2v) is 8.26. The molecule has 0 saturated heterocycles. The van der Waals surface area contributed by atoms with Crippen molar-refractivity contribution < 1.29 is 4.79 Å². The molecule has 2 aromatic carbocycles. The summed E-state index contributed by atoms with van der Waals surface area (Å²) in [4.78, 5) is 19.5. The van der Waals surface area contributed by atoms with Crippen LogP contribution in [0.5, 0.6) is 0 Å². The first-order valence-electron chi connectivity index (χ1n) is 12.1. The van der Waals surface area contributed by atoms with Crippen molar-refractivity contribution in [2.45, 2.75) is 20.3 Å². The van der Waals surface area contributed by atoms with E-state index in [-0.39, 0.29) is 5.91 Å². The maximum Gasteiger partial charge on any atom is 0.253 e. The molecule has 0 spiro atoms. The third kappa shape index (κ3) is 6.33. The number of carbonyl (C=O) groups is 1. The molecule has 0 atom stereocenters. The van der Waals surface area contributed by atoms with Crippen LogP contribution in [0, 0.1) is 0 Å². The fourth-order valence-electron chi connectivity index (χ4n) is 3.97. The van der Waals surface area contributed by atoms with E-state index in [0.717, 1.165) is 59.7 Å². The molecule has 35 heavy (non-hydrogen) atoms. The fraction of sp³-hybridized carbons (Fsp3) is 0.250. The first-order chi connectivity index (χ1) is 17.2. The molecule has 0 unspecified atom stereocenters. The predicted molar refractivity (Wildman–Crippen MR) is 144 cm³/mol. The van der Waals surface area contributed by atoms with Gasteiger partial charge in [0.2, 0.25) is 0 Å². The number of rotatable bonds is 11. The molecule has 2 heterocycles. The summed E-state index contributed by atoms with van der Waals surface area (Å²) >= 11 is 0. The van der Waals surface area contributed by atoms with Crippen LogP contribution < -0.4 is 10.6 Å². The molecule has 0 aliphatic rings. The number of hydrogen-bond donors (Lipinski definition) is 3. The smallest absolute Gasteiger partial charge is 0.253 e. The van der Waals surface area contributed by atoms with Gasteiger partial charge in [-0.05, 0) is 80.7 Å². The van der Waals surface area contributed by atoms with Crippen molar-refractivity contribution in [2.75, 3.05) is 31.5 Å². The maximum atomic E-state index is 12.9. The molecule has 3 N–H and O–H groups in total. The average molecular weight is 469 g/mol. The zero-order valence-corrected chi connectivity index (χ0v) is 20.3. The van der Waals surface area contributed by atoms with Gasteiger partial charge in [0.15, 0.2) is 0 Å². The van der Waals surface area contributed by atoms with Gasteiger partial charge in [0.1, 0.15) is 0 Å². The Morgan fingerprint density at radius 1 is 1.03 bits per heavy atom. The van der Waals surface area contributed by atoms with Gasteiger partial charge in [-0.25, -0.2) is 0 Å². The number of hydrogen-bond acceptors (Lipinski definition) is 5. The Balaban J connectivity index is 1.43. The van der Waals surface area contributed by atoms with E-state index in [0.29, 0.717) is 12.1 Å². The Morgan fingerprint density at radius 3 is 2.66 bits per heavy atom. The minimum atomic E-state index is -0.0720. The van der Waals surface area contributed by atoms with E-state index in [1.807, 2.05) is 72.8 Å². The van der Waals surface area contributed by atoms with Crippen LogP contribution in [0.3, 0.4) is 0 Å². The van der Waals surface area contributed by atoms with E-state index < -0.39 is 0 Å². The quantitative estimate of drug-likeness (QED) is 0.259. The van der Waals surface area contributed by atoms with Crippen LogP contribution in [0.2, 0.25) is 0 Å². The van der Waals surface area contributed by atoms with E-state index in [1.165, 1.54) is 0 Å². The van der Waals surface area contributed by atoms with Gasteiger partial charge in [0.05, 0.1) is 28.2 Å². The third-order valence-electron chi connectivity index (χ3n) is 5.97. The van der Waals surface area contributed by atoms with Crippen molar-refractivity contribution in [1.29, 1.82) is 0 Å². The molecule has 7 heteroatoms. The number of benzene rings is 2. The molecular formula is C28H32N6O. The Morgan fingerprint density at radius 2 is 1.86 bits per heavy atom. The molecule has 7 nitrogen and oxygen atoms in total. The number of amides is 1. The largest absolute Gasteiger partial charge is 0.355 e. The van der Waals surface area contributed by atoms with Crippen LogP contribution in [0.25, 0.3) is 23.1 Å². The van der Waals surface area contributed by atoms with Crippen LogP contribution in [0.15, 0.2) is 66.9 Å². The summed E-state index contributed by atoms with van der Waals surface area (Å²) in [5.74, 6) is -0.0720. The molecule has 0 aliphatic heterocycles. The van der Waals surface area contributed by atoms with Crippen molar-refractivity contribution in [3.63, 3.8) is 0 Å². The summed E-state index contributed by atoms with van der Waals surface area (Å²) in [5, 5.41) is 15.0. The number of para-hydroxylation sites is 1. The van der Waals surface area contributed by atoms with Gasteiger partial charge in [-0.15, -0.1) is 0 Å².